The zero-order valence-corrected chi connectivity index (χ0v) is 26.3. The first-order valence-electron chi connectivity index (χ1n) is 16.4. The van der Waals surface area contributed by atoms with E-state index < -0.39 is 0 Å². The minimum atomic E-state index is 0.191. The first-order chi connectivity index (χ1) is 22.8. The highest BCUT2D eigenvalue weighted by atomic mass is 32.1. The molecule has 0 atom stereocenters. The van der Waals surface area contributed by atoms with Crippen LogP contribution in [0.4, 0.5) is 33.4 Å². The molecule has 10 rings (SSSR count). The Bertz CT molecular complexity index is 2290. The molecule has 0 bridgehead atoms. The Balaban J connectivity index is 1.36. The molecule has 3 aliphatic rings. The van der Waals surface area contributed by atoms with Crippen LogP contribution in [0.2, 0.25) is 0 Å². The number of hydrogen-bond acceptors (Lipinski definition) is 3. The Morgan fingerprint density at radius 3 is 2.02 bits per heavy atom. The van der Waals surface area contributed by atoms with Gasteiger partial charge in [-0.1, -0.05) is 97.1 Å². The minimum Gasteiger partial charge on any atom is -0.311 e. The topological polar surface area (TPSA) is 6.48 Å². The summed E-state index contributed by atoms with van der Waals surface area (Å²) in [5.41, 5.74) is 14.7. The van der Waals surface area contributed by atoms with Crippen LogP contribution >= 0.6 is 11.3 Å². The average Bonchev–Trinajstić information content (AvgIpc) is 3.51. The Labute approximate surface area is 274 Å². The molecule has 0 spiro atoms. The van der Waals surface area contributed by atoms with Gasteiger partial charge >= 0.3 is 0 Å². The Morgan fingerprint density at radius 1 is 0.543 bits per heavy atom. The molecule has 0 fully saturated rings. The van der Waals surface area contributed by atoms with Crippen LogP contribution in [0.3, 0.4) is 0 Å². The van der Waals surface area contributed by atoms with Gasteiger partial charge in [-0.25, -0.2) is 0 Å². The molecule has 0 saturated heterocycles. The van der Waals surface area contributed by atoms with Crippen LogP contribution < -0.4 is 26.2 Å². The van der Waals surface area contributed by atoms with Gasteiger partial charge in [-0.2, -0.15) is 0 Å². The summed E-state index contributed by atoms with van der Waals surface area (Å²) in [6.07, 6.45) is 4.91. The second kappa shape index (κ2) is 10.2. The maximum Gasteiger partial charge on any atom is 0.253 e. The predicted octanol–water partition coefficient (Wildman–Crippen LogP) is 9.53. The lowest BCUT2D eigenvalue weighted by Crippen LogP contribution is -2.61. The summed E-state index contributed by atoms with van der Waals surface area (Å²) in [7, 11) is 0. The SMILES string of the molecule is c1ccc(N2c3ccccc3B3c4c2cc(-c2cccc5ccccc25)cc4N(c2ccccc2)c2sc4c(c23)CCCC4)cc1. The van der Waals surface area contributed by atoms with Gasteiger partial charge in [0.05, 0.1) is 5.00 Å². The Kier molecular flexibility index (Phi) is 5.83. The minimum absolute atomic E-state index is 0.191. The smallest absolute Gasteiger partial charge is 0.253 e. The molecule has 3 heterocycles. The summed E-state index contributed by atoms with van der Waals surface area (Å²) in [6.45, 7) is 0.191. The number of fused-ring (bicyclic) bond motifs is 7. The van der Waals surface area contributed by atoms with Crippen molar-refractivity contribution >= 4 is 78.6 Å². The molecule has 2 nitrogen and oxygen atoms in total. The highest BCUT2D eigenvalue weighted by Crippen LogP contribution is 2.49. The number of hydrogen-bond donors (Lipinski definition) is 0. The normalized spacial score (nSPS) is 14.5. The summed E-state index contributed by atoms with van der Waals surface area (Å²) < 4.78 is 0. The van der Waals surface area contributed by atoms with Crippen LogP contribution in [0.1, 0.15) is 23.3 Å². The summed E-state index contributed by atoms with van der Waals surface area (Å²) in [6, 6.07) is 51.6. The molecule has 4 heteroatoms. The van der Waals surface area contributed by atoms with E-state index in [0.717, 1.165) is 0 Å². The quantitative estimate of drug-likeness (QED) is 0.185. The zero-order valence-electron chi connectivity index (χ0n) is 25.5. The highest BCUT2D eigenvalue weighted by Gasteiger charge is 2.46. The van der Waals surface area contributed by atoms with Gasteiger partial charge in [0.1, 0.15) is 0 Å². The first kappa shape index (κ1) is 26.2. The highest BCUT2D eigenvalue weighted by molar-refractivity contribution is 7.20. The molecule has 0 unspecified atom stereocenters. The van der Waals surface area contributed by atoms with Crippen molar-refractivity contribution in [2.24, 2.45) is 0 Å². The second-order valence-corrected chi connectivity index (χ2v) is 13.8. The van der Waals surface area contributed by atoms with E-state index in [4.69, 9.17) is 0 Å². The molecule has 1 aliphatic carbocycles. The van der Waals surface area contributed by atoms with Crippen LogP contribution in [-0.2, 0) is 12.8 Å². The number of rotatable bonds is 3. The van der Waals surface area contributed by atoms with E-state index in [1.807, 2.05) is 11.3 Å². The molecule has 0 saturated carbocycles. The van der Waals surface area contributed by atoms with Crippen molar-refractivity contribution in [2.45, 2.75) is 25.7 Å². The van der Waals surface area contributed by atoms with Gasteiger partial charge in [0.15, 0.2) is 0 Å². The molecular formula is C42H31BN2S. The third-order valence-corrected chi connectivity index (χ3v) is 11.5. The van der Waals surface area contributed by atoms with Crippen molar-refractivity contribution in [3.63, 3.8) is 0 Å². The molecule has 0 amide bonds. The number of anilines is 6. The van der Waals surface area contributed by atoms with Crippen LogP contribution in [0, 0.1) is 0 Å². The fraction of sp³-hybridized carbons (Fsp3) is 0.0952. The molecule has 1 aromatic heterocycles. The fourth-order valence-corrected chi connectivity index (χ4v) is 9.74. The third-order valence-electron chi connectivity index (χ3n) is 10.2. The summed E-state index contributed by atoms with van der Waals surface area (Å²) in [4.78, 5) is 6.70. The van der Waals surface area contributed by atoms with E-state index in [0.29, 0.717) is 0 Å². The summed E-state index contributed by atoms with van der Waals surface area (Å²) >= 11 is 2.04. The molecule has 7 aromatic rings. The van der Waals surface area contributed by atoms with Gasteiger partial charge in [-0.3, -0.25) is 0 Å². The van der Waals surface area contributed by atoms with Crippen LogP contribution in [0.5, 0.6) is 0 Å². The lowest BCUT2D eigenvalue weighted by molar-refractivity contribution is 0.699. The van der Waals surface area contributed by atoms with Gasteiger partial charge in [0.2, 0.25) is 0 Å². The number of thiophene rings is 1. The second-order valence-electron chi connectivity index (χ2n) is 12.7. The van der Waals surface area contributed by atoms with Gasteiger partial charge < -0.3 is 9.80 Å². The van der Waals surface area contributed by atoms with Crippen molar-refractivity contribution in [1.82, 2.24) is 0 Å². The lowest BCUT2D eigenvalue weighted by Gasteiger charge is -2.43. The first-order valence-corrected chi connectivity index (χ1v) is 17.3. The van der Waals surface area contributed by atoms with E-state index in [1.54, 1.807) is 10.4 Å². The molecular weight excluding hydrogens is 575 g/mol. The molecule has 0 radical (unpaired) electrons. The molecule has 218 valence electrons. The van der Waals surface area contributed by atoms with Gasteiger partial charge in [-0.15, -0.1) is 11.3 Å². The van der Waals surface area contributed by atoms with Crippen molar-refractivity contribution in [3.05, 3.63) is 150 Å². The van der Waals surface area contributed by atoms with E-state index >= 15 is 0 Å². The molecule has 46 heavy (non-hydrogen) atoms. The maximum atomic E-state index is 2.60. The zero-order chi connectivity index (χ0) is 30.2. The molecule has 2 aliphatic heterocycles. The van der Waals surface area contributed by atoms with E-state index in [9.17, 15) is 0 Å². The monoisotopic (exact) mass is 606 g/mol. The number of aryl methyl sites for hydroxylation is 1. The Hall–Kier alpha value is -5.06. The standard InChI is InChI=1S/C42H31BN2S/c1-3-16-30(17-4-1)44-36-24-11-10-23-35(36)43-40-34-21-9-12-25-39(34)46-42(40)45(31-18-5-2-6-19-31)38-27-29(26-37(44)41(38)43)33-22-13-15-28-14-7-8-20-32(28)33/h1-8,10-11,13-20,22-24,26-27H,9,12,21,25H2. The number of benzene rings is 6. The fourth-order valence-electron chi connectivity index (χ4n) is 8.28. The van der Waals surface area contributed by atoms with Crippen LogP contribution in [0.25, 0.3) is 21.9 Å². The average molecular weight is 607 g/mol. The summed E-state index contributed by atoms with van der Waals surface area (Å²) in [5.74, 6) is 0. The van der Waals surface area contributed by atoms with E-state index in [-0.39, 0.29) is 6.71 Å². The largest absolute Gasteiger partial charge is 0.311 e. The predicted molar refractivity (Wildman–Crippen MR) is 198 cm³/mol. The molecule has 0 N–H and O–H groups in total. The van der Waals surface area contributed by atoms with Gasteiger partial charge in [-0.05, 0) is 112 Å². The lowest BCUT2D eigenvalue weighted by atomic mass is 9.33. The summed E-state index contributed by atoms with van der Waals surface area (Å²) in [5, 5.41) is 3.95. The number of para-hydroxylation sites is 3. The van der Waals surface area contributed by atoms with Crippen molar-refractivity contribution in [2.75, 3.05) is 9.80 Å². The van der Waals surface area contributed by atoms with E-state index in [1.165, 1.54) is 97.4 Å². The maximum absolute atomic E-state index is 2.60. The van der Waals surface area contributed by atoms with Crippen LogP contribution in [0.15, 0.2) is 140 Å². The van der Waals surface area contributed by atoms with Crippen molar-refractivity contribution in [3.8, 4) is 11.1 Å². The Morgan fingerprint density at radius 2 is 1.20 bits per heavy atom. The van der Waals surface area contributed by atoms with E-state index in [2.05, 4.69) is 149 Å². The van der Waals surface area contributed by atoms with Gasteiger partial charge in [0, 0.05) is 33.3 Å². The third kappa shape index (κ3) is 3.77. The van der Waals surface area contributed by atoms with Crippen molar-refractivity contribution in [1.29, 1.82) is 0 Å². The van der Waals surface area contributed by atoms with Gasteiger partial charge in [0.25, 0.3) is 6.71 Å². The van der Waals surface area contributed by atoms with Crippen LogP contribution in [-0.4, -0.2) is 6.71 Å². The number of nitrogens with zero attached hydrogens (tertiary/aromatic N) is 2. The van der Waals surface area contributed by atoms with Crippen molar-refractivity contribution < 1.29 is 0 Å². The molecule has 6 aromatic carbocycles.